The Bertz CT molecular complexity index is 878. The molecule has 3 rings (SSSR count). The molecule has 0 spiro atoms. The molecule has 1 aromatic heterocycles. The normalized spacial score (nSPS) is 11.9. The van der Waals surface area contributed by atoms with Gasteiger partial charge in [-0.2, -0.15) is 11.8 Å². The molecule has 2 aromatic carbocycles. The highest BCUT2D eigenvalue weighted by Gasteiger charge is 2.23. The summed E-state index contributed by atoms with van der Waals surface area (Å²) in [5.74, 6) is 0.554. The van der Waals surface area contributed by atoms with Gasteiger partial charge in [0.25, 0.3) is 5.91 Å². The minimum Gasteiger partial charge on any atom is -0.456 e. The summed E-state index contributed by atoms with van der Waals surface area (Å²) in [6, 6.07) is 15.7. The Labute approximate surface area is 161 Å². The lowest BCUT2D eigenvalue weighted by atomic mass is 10.1. The number of aromatic amines is 1. The second kappa shape index (κ2) is 9.23. The number of esters is 1. The van der Waals surface area contributed by atoms with Crippen LogP contribution >= 0.6 is 11.8 Å². The van der Waals surface area contributed by atoms with Crippen LogP contribution in [0.4, 0.5) is 0 Å². The Balaban J connectivity index is 1.62. The van der Waals surface area contributed by atoms with E-state index < -0.39 is 12.0 Å². The Morgan fingerprint density at radius 2 is 1.89 bits per heavy atom. The Kier molecular flexibility index (Phi) is 6.49. The summed E-state index contributed by atoms with van der Waals surface area (Å²) in [7, 11) is 0. The van der Waals surface area contributed by atoms with Gasteiger partial charge in [0.1, 0.15) is 18.5 Å². The van der Waals surface area contributed by atoms with Gasteiger partial charge in [0.15, 0.2) is 0 Å². The van der Waals surface area contributed by atoms with Gasteiger partial charge in [-0.1, -0.05) is 30.3 Å². The van der Waals surface area contributed by atoms with E-state index in [-0.39, 0.29) is 12.5 Å². The fourth-order valence-corrected chi connectivity index (χ4v) is 3.10. The molecule has 27 heavy (non-hydrogen) atoms. The minimum absolute atomic E-state index is 0.0322. The van der Waals surface area contributed by atoms with Crippen LogP contribution in [0.3, 0.4) is 0 Å². The molecule has 1 amide bonds. The zero-order valence-electron chi connectivity index (χ0n) is 15.0. The second-order valence-electron chi connectivity index (χ2n) is 5.98. The van der Waals surface area contributed by atoms with Crippen LogP contribution in [0, 0.1) is 0 Å². The lowest BCUT2D eigenvalue weighted by molar-refractivity contribution is -0.147. The molecule has 0 saturated heterocycles. The van der Waals surface area contributed by atoms with Crippen LogP contribution in [0.1, 0.15) is 22.6 Å². The first-order valence-electron chi connectivity index (χ1n) is 8.62. The number of H-pyrrole nitrogens is 1. The molecule has 3 aromatic rings. The molecule has 0 aliphatic heterocycles. The molecular formula is C20H21N3O3S. The van der Waals surface area contributed by atoms with Gasteiger partial charge < -0.3 is 15.0 Å². The molecule has 0 bridgehead atoms. The van der Waals surface area contributed by atoms with Crippen LogP contribution in [-0.2, 0) is 16.1 Å². The molecular weight excluding hydrogens is 362 g/mol. The highest BCUT2D eigenvalue weighted by molar-refractivity contribution is 7.98. The van der Waals surface area contributed by atoms with Gasteiger partial charge in [0.05, 0.1) is 11.0 Å². The molecule has 1 heterocycles. The van der Waals surface area contributed by atoms with Crippen molar-refractivity contribution in [2.24, 2.45) is 0 Å². The minimum atomic E-state index is -0.700. The third-order valence-corrected chi connectivity index (χ3v) is 4.67. The fourth-order valence-electron chi connectivity index (χ4n) is 2.63. The molecule has 0 saturated carbocycles. The van der Waals surface area contributed by atoms with Gasteiger partial charge in [-0.3, -0.25) is 4.79 Å². The van der Waals surface area contributed by atoms with E-state index in [1.54, 1.807) is 36.0 Å². The summed E-state index contributed by atoms with van der Waals surface area (Å²) < 4.78 is 5.40. The van der Waals surface area contributed by atoms with Crippen molar-refractivity contribution in [2.45, 2.75) is 19.1 Å². The number of amides is 1. The van der Waals surface area contributed by atoms with Gasteiger partial charge in [-0.15, -0.1) is 0 Å². The van der Waals surface area contributed by atoms with Crippen molar-refractivity contribution in [3.05, 3.63) is 66.0 Å². The quantitative estimate of drug-likeness (QED) is 0.584. The highest BCUT2D eigenvalue weighted by atomic mass is 32.2. The van der Waals surface area contributed by atoms with Crippen molar-refractivity contribution >= 4 is 34.7 Å². The van der Waals surface area contributed by atoms with Gasteiger partial charge in [0.2, 0.25) is 0 Å². The molecule has 0 radical (unpaired) electrons. The van der Waals surface area contributed by atoms with Crippen molar-refractivity contribution in [3.63, 3.8) is 0 Å². The van der Waals surface area contributed by atoms with Gasteiger partial charge in [0, 0.05) is 5.56 Å². The van der Waals surface area contributed by atoms with Crippen LogP contribution in [-0.4, -0.2) is 39.9 Å². The average molecular weight is 383 g/mol. The molecule has 0 aliphatic rings. The maximum absolute atomic E-state index is 12.5. The van der Waals surface area contributed by atoms with E-state index in [0.717, 1.165) is 16.8 Å². The van der Waals surface area contributed by atoms with Crippen molar-refractivity contribution in [3.8, 4) is 0 Å². The standard InChI is InChI=1S/C20H21N3O3S/c1-27-12-11-17(23-19(24)14-7-3-2-4-8-14)20(25)26-13-18-21-15-9-5-6-10-16(15)22-18/h2-10,17H,11-13H2,1H3,(H,21,22)(H,23,24)/t17-/m1/s1. The third kappa shape index (κ3) is 5.10. The maximum Gasteiger partial charge on any atom is 0.329 e. The number of nitrogens with one attached hydrogen (secondary N) is 2. The third-order valence-electron chi connectivity index (χ3n) is 4.03. The van der Waals surface area contributed by atoms with Gasteiger partial charge in [-0.05, 0) is 42.7 Å². The molecule has 7 heteroatoms. The van der Waals surface area contributed by atoms with Crippen LogP contribution in [0.25, 0.3) is 11.0 Å². The average Bonchev–Trinajstić information content (AvgIpc) is 3.12. The summed E-state index contributed by atoms with van der Waals surface area (Å²) in [6.45, 7) is 0.0322. The molecule has 0 aliphatic carbocycles. The smallest absolute Gasteiger partial charge is 0.329 e. The zero-order valence-corrected chi connectivity index (χ0v) is 15.8. The maximum atomic E-state index is 12.5. The molecule has 1 atom stereocenters. The van der Waals surface area contributed by atoms with Crippen molar-refractivity contribution in [1.82, 2.24) is 15.3 Å². The number of carbonyl (C=O) groups is 2. The predicted molar refractivity (Wildman–Crippen MR) is 107 cm³/mol. The molecule has 140 valence electrons. The van der Waals surface area contributed by atoms with E-state index in [2.05, 4.69) is 15.3 Å². The number of carbonyl (C=O) groups excluding carboxylic acids is 2. The molecule has 0 unspecified atom stereocenters. The SMILES string of the molecule is CSCC[C@@H](NC(=O)c1ccccc1)C(=O)OCc1nc2ccccc2[nH]1. The van der Waals surface area contributed by atoms with Crippen molar-refractivity contribution < 1.29 is 14.3 Å². The number of hydrogen-bond donors (Lipinski definition) is 2. The number of hydrogen-bond acceptors (Lipinski definition) is 5. The van der Waals surface area contributed by atoms with Gasteiger partial charge >= 0.3 is 5.97 Å². The number of imidazole rings is 1. The van der Waals surface area contributed by atoms with Crippen LogP contribution in [0.2, 0.25) is 0 Å². The number of aromatic nitrogens is 2. The van der Waals surface area contributed by atoms with Gasteiger partial charge in [-0.25, -0.2) is 9.78 Å². The lowest BCUT2D eigenvalue weighted by Crippen LogP contribution is -2.42. The summed E-state index contributed by atoms with van der Waals surface area (Å²) in [4.78, 5) is 32.4. The first-order chi connectivity index (χ1) is 13.2. The number of para-hydroxylation sites is 2. The van der Waals surface area contributed by atoms with Crippen molar-refractivity contribution in [2.75, 3.05) is 12.0 Å². The van der Waals surface area contributed by atoms with Crippen LogP contribution < -0.4 is 5.32 Å². The predicted octanol–water partition coefficient (Wildman–Crippen LogP) is 3.16. The summed E-state index contributed by atoms with van der Waals surface area (Å²) in [5.41, 5.74) is 2.22. The Hall–Kier alpha value is -2.80. The van der Waals surface area contributed by atoms with E-state index >= 15 is 0 Å². The van der Waals surface area contributed by atoms with Crippen LogP contribution in [0.15, 0.2) is 54.6 Å². The first kappa shape index (κ1) is 19.0. The molecule has 0 fully saturated rings. The number of benzene rings is 2. The van der Waals surface area contributed by atoms with E-state index in [0.29, 0.717) is 17.8 Å². The molecule has 2 N–H and O–H groups in total. The number of thioether (sulfide) groups is 1. The largest absolute Gasteiger partial charge is 0.456 e. The van der Waals surface area contributed by atoms with Crippen molar-refractivity contribution in [1.29, 1.82) is 0 Å². The van der Waals surface area contributed by atoms with Crippen LogP contribution in [0.5, 0.6) is 0 Å². The summed E-state index contributed by atoms with van der Waals surface area (Å²) in [5, 5.41) is 2.77. The summed E-state index contributed by atoms with van der Waals surface area (Å²) >= 11 is 1.61. The topological polar surface area (TPSA) is 84.1 Å². The Morgan fingerprint density at radius 3 is 2.63 bits per heavy atom. The van der Waals surface area contributed by atoms with E-state index in [4.69, 9.17) is 4.74 Å². The zero-order chi connectivity index (χ0) is 19.1. The Morgan fingerprint density at radius 1 is 1.15 bits per heavy atom. The monoisotopic (exact) mass is 383 g/mol. The first-order valence-corrected chi connectivity index (χ1v) is 10.0. The van der Waals surface area contributed by atoms with E-state index in [1.807, 2.05) is 36.6 Å². The fraction of sp³-hybridized carbons (Fsp3) is 0.250. The van der Waals surface area contributed by atoms with E-state index in [1.165, 1.54) is 0 Å². The number of rotatable bonds is 8. The summed E-state index contributed by atoms with van der Waals surface area (Å²) in [6.07, 6.45) is 2.45. The number of fused-ring (bicyclic) bond motifs is 1. The number of ether oxygens (including phenoxy) is 1. The lowest BCUT2D eigenvalue weighted by Gasteiger charge is -2.17. The van der Waals surface area contributed by atoms with E-state index in [9.17, 15) is 9.59 Å². The molecule has 6 nitrogen and oxygen atoms in total. The second-order valence-corrected chi connectivity index (χ2v) is 6.97. The highest BCUT2D eigenvalue weighted by Crippen LogP contribution is 2.12. The number of nitrogens with zero attached hydrogens (tertiary/aromatic N) is 1.